The molecule has 0 bridgehead atoms. The highest BCUT2D eigenvalue weighted by Gasteiger charge is 2.22. The van der Waals surface area contributed by atoms with Crippen LogP contribution >= 0.6 is 0 Å². The minimum absolute atomic E-state index is 0.00774. The van der Waals surface area contributed by atoms with Crippen molar-refractivity contribution >= 4 is 5.91 Å². The lowest BCUT2D eigenvalue weighted by Gasteiger charge is -2.26. The lowest BCUT2D eigenvalue weighted by atomic mass is 10.1. The number of phenolic OH excluding ortho intramolecular Hbond substituents is 1. The quantitative estimate of drug-likeness (QED) is 0.556. The Kier molecular flexibility index (Phi) is 6.67. The molecule has 0 unspecified atom stereocenters. The molecule has 1 aliphatic rings. The number of hydrogen-bond acceptors (Lipinski definition) is 7. The van der Waals surface area contributed by atoms with Gasteiger partial charge in [-0.2, -0.15) is 0 Å². The van der Waals surface area contributed by atoms with Gasteiger partial charge in [0.25, 0.3) is 5.91 Å². The number of phenols is 1. The normalized spacial score (nSPS) is 14.4. The van der Waals surface area contributed by atoms with Gasteiger partial charge >= 0.3 is 0 Å². The number of aromatic nitrogens is 3. The summed E-state index contributed by atoms with van der Waals surface area (Å²) in [5.74, 6) is 0.142. The van der Waals surface area contributed by atoms with Gasteiger partial charge in [-0.3, -0.25) is 14.3 Å². The molecule has 1 aliphatic heterocycles. The third-order valence-corrected chi connectivity index (χ3v) is 5.27. The molecule has 9 nitrogen and oxygen atoms in total. The van der Waals surface area contributed by atoms with Gasteiger partial charge in [-0.25, -0.2) is 0 Å². The molecule has 32 heavy (non-hydrogen) atoms. The minimum Gasteiger partial charge on any atom is -0.507 e. The van der Waals surface area contributed by atoms with Gasteiger partial charge in [0.05, 0.1) is 25.4 Å². The molecule has 0 atom stereocenters. The molecule has 0 radical (unpaired) electrons. The summed E-state index contributed by atoms with van der Waals surface area (Å²) in [6.07, 6.45) is 0.861. The number of morpholine rings is 1. The van der Waals surface area contributed by atoms with E-state index in [1.807, 2.05) is 31.2 Å². The van der Waals surface area contributed by atoms with Crippen LogP contribution in [0.4, 0.5) is 0 Å². The van der Waals surface area contributed by atoms with E-state index in [4.69, 9.17) is 15.2 Å². The van der Waals surface area contributed by atoms with Crippen molar-refractivity contribution in [2.75, 3.05) is 32.9 Å². The number of rotatable bonds is 8. The van der Waals surface area contributed by atoms with Crippen LogP contribution < -0.4 is 10.5 Å². The molecule has 4 rings (SSSR count). The van der Waals surface area contributed by atoms with Crippen LogP contribution in [0.25, 0.3) is 17.1 Å². The number of benzene rings is 2. The highest BCUT2D eigenvalue weighted by molar-refractivity contribution is 5.90. The van der Waals surface area contributed by atoms with Gasteiger partial charge in [0, 0.05) is 31.4 Å². The fraction of sp³-hybridized carbons (Fsp3) is 0.348. The molecule has 0 saturated carbocycles. The number of carbonyl (C=O) groups is 1. The van der Waals surface area contributed by atoms with Crippen LogP contribution in [0.2, 0.25) is 0 Å². The summed E-state index contributed by atoms with van der Waals surface area (Å²) in [5, 5.41) is 18.7. The maximum atomic E-state index is 12.0. The fourth-order valence-electron chi connectivity index (χ4n) is 3.64. The van der Waals surface area contributed by atoms with Crippen molar-refractivity contribution in [2.24, 2.45) is 5.73 Å². The van der Waals surface area contributed by atoms with Gasteiger partial charge in [0.1, 0.15) is 11.5 Å². The standard InChI is InChI=1S/C23H27N5O4/c1-2-11-32-18-7-8-19(20(29)14-18)22-25-26-23(21(24)30)28(22)17-5-3-16(4-6-17)15-27-9-12-31-13-10-27/h3-8,14,29H,2,9-13,15H2,1H3,(H2,24,30). The van der Waals surface area contributed by atoms with Gasteiger partial charge in [-0.05, 0) is 36.2 Å². The number of aromatic hydroxyl groups is 1. The van der Waals surface area contributed by atoms with Crippen molar-refractivity contribution in [3.8, 4) is 28.6 Å². The first-order valence-corrected chi connectivity index (χ1v) is 10.7. The molecule has 1 fully saturated rings. The van der Waals surface area contributed by atoms with E-state index < -0.39 is 5.91 Å². The number of nitrogens with two attached hydrogens (primary N) is 1. The van der Waals surface area contributed by atoms with E-state index in [9.17, 15) is 9.90 Å². The van der Waals surface area contributed by atoms with Crippen LogP contribution in [0.15, 0.2) is 42.5 Å². The second-order valence-electron chi connectivity index (χ2n) is 7.63. The van der Waals surface area contributed by atoms with Crippen LogP contribution in [0, 0.1) is 0 Å². The van der Waals surface area contributed by atoms with Gasteiger partial charge in [-0.15, -0.1) is 10.2 Å². The molecule has 3 aromatic rings. The number of amides is 1. The van der Waals surface area contributed by atoms with Gasteiger partial charge in [0.2, 0.25) is 5.82 Å². The Morgan fingerprint density at radius 3 is 2.56 bits per heavy atom. The van der Waals surface area contributed by atoms with Crippen LogP contribution in [0.5, 0.6) is 11.5 Å². The maximum absolute atomic E-state index is 12.0. The molecule has 0 aliphatic carbocycles. The predicted molar refractivity (Wildman–Crippen MR) is 119 cm³/mol. The van der Waals surface area contributed by atoms with E-state index in [0.717, 1.165) is 44.8 Å². The summed E-state index contributed by atoms with van der Waals surface area (Å²) in [5.41, 5.74) is 7.79. The molecular weight excluding hydrogens is 410 g/mol. The number of nitrogens with zero attached hydrogens (tertiary/aromatic N) is 4. The summed E-state index contributed by atoms with van der Waals surface area (Å²) in [4.78, 5) is 14.4. The van der Waals surface area contributed by atoms with Crippen LogP contribution in [0.3, 0.4) is 0 Å². The predicted octanol–water partition coefficient (Wildman–Crippen LogP) is 2.36. The molecule has 9 heteroatoms. The van der Waals surface area contributed by atoms with Crippen molar-refractivity contribution in [3.63, 3.8) is 0 Å². The van der Waals surface area contributed by atoms with E-state index >= 15 is 0 Å². The molecule has 1 saturated heterocycles. The molecule has 168 valence electrons. The zero-order chi connectivity index (χ0) is 22.5. The lowest BCUT2D eigenvalue weighted by molar-refractivity contribution is 0.0342. The molecule has 1 aromatic heterocycles. The Morgan fingerprint density at radius 1 is 1.16 bits per heavy atom. The van der Waals surface area contributed by atoms with E-state index in [-0.39, 0.29) is 11.6 Å². The van der Waals surface area contributed by atoms with Gasteiger partial charge in [-0.1, -0.05) is 19.1 Å². The highest BCUT2D eigenvalue weighted by Crippen LogP contribution is 2.33. The Bertz CT molecular complexity index is 1070. The summed E-state index contributed by atoms with van der Waals surface area (Å²) < 4.78 is 12.5. The molecule has 2 aromatic carbocycles. The van der Waals surface area contributed by atoms with E-state index in [1.54, 1.807) is 16.7 Å². The highest BCUT2D eigenvalue weighted by atomic mass is 16.5. The van der Waals surface area contributed by atoms with Gasteiger partial charge < -0.3 is 20.3 Å². The van der Waals surface area contributed by atoms with E-state index in [1.165, 1.54) is 6.07 Å². The minimum atomic E-state index is -0.705. The van der Waals surface area contributed by atoms with Crippen molar-refractivity contribution in [2.45, 2.75) is 19.9 Å². The van der Waals surface area contributed by atoms with Crippen molar-refractivity contribution in [1.29, 1.82) is 0 Å². The first kappa shape index (κ1) is 21.8. The van der Waals surface area contributed by atoms with Crippen LogP contribution in [0.1, 0.15) is 29.5 Å². The van der Waals surface area contributed by atoms with Crippen molar-refractivity contribution in [3.05, 3.63) is 53.9 Å². The number of primary amides is 1. The SMILES string of the molecule is CCCOc1ccc(-c2nnc(C(N)=O)n2-c2ccc(CN3CCOCC3)cc2)c(O)c1. The van der Waals surface area contributed by atoms with E-state index in [2.05, 4.69) is 15.1 Å². The molecule has 3 N–H and O–H groups in total. The Hall–Kier alpha value is -3.43. The first-order chi connectivity index (χ1) is 15.6. The zero-order valence-corrected chi connectivity index (χ0v) is 18.0. The average Bonchev–Trinajstić information content (AvgIpc) is 3.24. The van der Waals surface area contributed by atoms with Gasteiger partial charge in [0.15, 0.2) is 5.82 Å². The Balaban J connectivity index is 1.65. The molecule has 0 spiro atoms. The van der Waals surface area contributed by atoms with Crippen LogP contribution in [-0.4, -0.2) is 63.6 Å². The summed E-state index contributed by atoms with van der Waals surface area (Å²) in [6.45, 7) is 6.68. The first-order valence-electron chi connectivity index (χ1n) is 10.7. The second kappa shape index (κ2) is 9.80. The fourth-order valence-corrected chi connectivity index (χ4v) is 3.64. The Morgan fingerprint density at radius 2 is 1.91 bits per heavy atom. The Labute approximate surface area is 186 Å². The van der Waals surface area contributed by atoms with E-state index in [0.29, 0.717) is 29.4 Å². The number of ether oxygens (including phenoxy) is 2. The topological polar surface area (TPSA) is 116 Å². The maximum Gasteiger partial charge on any atom is 0.287 e. The van der Waals surface area contributed by atoms with Crippen molar-refractivity contribution in [1.82, 2.24) is 19.7 Å². The van der Waals surface area contributed by atoms with Crippen LogP contribution in [-0.2, 0) is 11.3 Å². The number of hydrogen-bond donors (Lipinski definition) is 2. The largest absolute Gasteiger partial charge is 0.507 e. The smallest absolute Gasteiger partial charge is 0.287 e. The summed E-state index contributed by atoms with van der Waals surface area (Å²) in [7, 11) is 0. The third kappa shape index (κ3) is 4.74. The monoisotopic (exact) mass is 437 g/mol. The summed E-state index contributed by atoms with van der Waals surface area (Å²) >= 11 is 0. The molecule has 2 heterocycles. The number of carbonyl (C=O) groups excluding carboxylic acids is 1. The molecule has 1 amide bonds. The summed E-state index contributed by atoms with van der Waals surface area (Å²) in [6, 6.07) is 12.8. The zero-order valence-electron chi connectivity index (χ0n) is 18.0. The second-order valence-corrected chi connectivity index (χ2v) is 7.63. The lowest BCUT2D eigenvalue weighted by Crippen LogP contribution is -2.35. The third-order valence-electron chi connectivity index (χ3n) is 5.27. The average molecular weight is 438 g/mol. The van der Waals surface area contributed by atoms with Crippen molar-refractivity contribution < 1.29 is 19.4 Å². The molecular formula is C23H27N5O4.